The highest BCUT2D eigenvalue weighted by atomic mass is 35.5. The molecule has 25 heavy (non-hydrogen) atoms. The van der Waals surface area contributed by atoms with Crippen molar-refractivity contribution in [3.8, 4) is 0 Å². The number of nitrogens with one attached hydrogen (secondary N) is 1. The van der Waals surface area contributed by atoms with Gasteiger partial charge in [0.25, 0.3) is 5.56 Å². The molecular weight excluding hydrogens is 344 g/mol. The van der Waals surface area contributed by atoms with Gasteiger partial charge in [0, 0.05) is 14.1 Å². The number of carbonyl (C=O) groups excluding carboxylic acids is 1. The van der Waals surface area contributed by atoms with Gasteiger partial charge in [0.05, 0.1) is 22.0 Å². The first-order valence-electron chi connectivity index (χ1n) is 7.89. The van der Waals surface area contributed by atoms with Gasteiger partial charge in [0.1, 0.15) is 5.60 Å². The molecule has 8 heteroatoms. The number of aromatic nitrogens is 2. The molecule has 0 aliphatic rings. The van der Waals surface area contributed by atoms with Gasteiger partial charge >= 0.3 is 6.09 Å². The van der Waals surface area contributed by atoms with Crippen LogP contribution in [0.5, 0.6) is 0 Å². The Kier molecular flexibility index (Phi) is 5.27. The average molecular weight is 367 g/mol. The molecule has 1 aromatic heterocycles. The Bertz CT molecular complexity index is 855. The SMILES string of the molecule is C[C@H](NC(=O)OC(C)(C)C)c1nc2cccc(Cl)c2c(=O)n1N(C)C. The summed E-state index contributed by atoms with van der Waals surface area (Å²) in [5.41, 5.74) is -0.438. The number of hydrogen-bond donors (Lipinski definition) is 1. The summed E-state index contributed by atoms with van der Waals surface area (Å²) < 4.78 is 6.65. The molecule has 1 aromatic carbocycles. The second-order valence-corrected chi connectivity index (χ2v) is 7.34. The Balaban J connectivity index is 2.51. The largest absolute Gasteiger partial charge is 0.444 e. The maximum Gasteiger partial charge on any atom is 0.408 e. The van der Waals surface area contributed by atoms with Gasteiger partial charge in [-0.15, -0.1) is 0 Å². The number of benzene rings is 1. The molecule has 2 aromatic rings. The van der Waals surface area contributed by atoms with E-state index in [1.54, 1.807) is 65.0 Å². The summed E-state index contributed by atoms with van der Waals surface area (Å²) in [6.45, 7) is 7.08. The molecule has 0 saturated carbocycles. The summed E-state index contributed by atoms with van der Waals surface area (Å²) in [7, 11) is 3.44. The number of alkyl carbamates (subject to hydrolysis) is 1. The van der Waals surface area contributed by atoms with Gasteiger partial charge in [-0.2, -0.15) is 0 Å². The molecule has 0 bridgehead atoms. The van der Waals surface area contributed by atoms with Crippen LogP contribution in [0.4, 0.5) is 4.79 Å². The van der Waals surface area contributed by atoms with E-state index in [0.29, 0.717) is 21.7 Å². The summed E-state index contributed by atoms with van der Waals surface area (Å²) in [5, 5.41) is 4.99. The van der Waals surface area contributed by atoms with E-state index in [1.807, 2.05) is 0 Å². The van der Waals surface area contributed by atoms with Crippen molar-refractivity contribution in [3.05, 3.63) is 39.4 Å². The van der Waals surface area contributed by atoms with E-state index in [2.05, 4.69) is 10.3 Å². The Labute approximate surface area is 151 Å². The van der Waals surface area contributed by atoms with E-state index < -0.39 is 17.7 Å². The zero-order valence-corrected chi connectivity index (χ0v) is 16.0. The van der Waals surface area contributed by atoms with Gasteiger partial charge in [-0.05, 0) is 39.8 Å². The maximum atomic E-state index is 12.9. The van der Waals surface area contributed by atoms with Crippen LogP contribution in [0.3, 0.4) is 0 Å². The van der Waals surface area contributed by atoms with E-state index in [-0.39, 0.29) is 5.56 Å². The summed E-state index contributed by atoms with van der Waals surface area (Å²) in [6, 6.07) is 4.54. The molecule has 136 valence electrons. The van der Waals surface area contributed by atoms with E-state index >= 15 is 0 Å². The van der Waals surface area contributed by atoms with Crippen LogP contribution >= 0.6 is 11.6 Å². The minimum Gasteiger partial charge on any atom is -0.444 e. The number of hydrogen-bond acceptors (Lipinski definition) is 5. The molecule has 0 aliphatic heterocycles. The Morgan fingerprint density at radius 1 is 1.36 bits per heavy atom. The molecule has 0 saturated heterocycles. The first-order valence-corrected chi connectivity index (χ1v) is 8.27. The normalized spacial score (nSPS) is 12.8. The van der Waals surface area contributed by atoms with Gasteiger partial charge in [-0.3, -0.25) is 4.79 Å². The summed E-state index contributed by atoms with van der Waals surface area (Å²) >= 11 is 6.17. The molecule has 1 N–H and O–H groups in total. The second kappa shape index (κ2) is 6.92. The number of halogens is 1. The van der Waals surface area contributed by atoms with Crippen LogP contribution in [0.25, 0.3) is 10.9 Å². The average Bonchev–Trinajstić information content (AvgIpc) is 2.44. The lowest BCUT2D eigenvalue weighted by Gasteiger charge is -2.25. The number of amides is 1. The summed E-state index contributed by atoms with van der Waals surface area (Å²) in [6.07, 6.45) is -0.578. The molecule has 1 atom stereocenters. The standard InChI is InChI=1S/C17H23ClN4O3/c1-10(19-16(24)25-17(2,3)4)14-20-12-9-7-8-11(18)13(12)15(23)22(14)21(5)6/h7-10H,1-6H3,(H,19,24)/t10-/m0/s1. The predicted octanol–water partition coefficient (Wildman–Crippen LogP) is 2.83. The number of fused-ring (bicyclic) bond motifs is 1. The van der Waals surface area contributed by atoms with Crippen molar-refractivity contribution in [2.45, 2.75) is 39.3 Å². The third-order valence-electron chi connectivity index (χ3n) is 3.37. The van der Waals surface area contributed by atoms with Crippen LogP contribution < -0.4 is 15.9 Å². The molecule has 1 heterocycles. The molecule has 1 amide bonds. The van der Waals surface area contributed by atoms with Crippen molar-refractivity contribution in [1.29, 1.82) is 0 Å². The van der Waals surface area contributed by atoms with E-state index in [0.717, 1.165) is 0 Å². The van der Waals surface area contributed by atoms with Crippen LogP contribution in [0, 0.1) is 0 Å². The van der Waals surface area contributed by atoms with Gasteiger partial charge < -0.3 is 15.1 Å². The van der Waals surface area contributed by atoms with Crippen molar-refractivity contribution in [1.82, 2.24) is 15.0 Å². The van der Waals surface area contributed by atoms with E-state index in [1.165, 1.54) is 4.68 Å². The van der Waals surface area contributed by atoms with Gasteiger partial charge in [-0.1, -0.05) is 17.7 Å². The van der Waals surface area contributed by atoms with Crippen LogP contribution in [-0.2, 0) is 4.74 Å². The van der Waals surface area contributed by atoms with E-state index in [9.17, 15) is 9.59 Å². The second-order valence-electron chi connectivity index (χ2n) is 6.94. The third kappa shape index (κ3) is 4.22. The number of ether oxygens (including phenoxy) is 1. The van der Waals surface area contributed by atoms with Crippen LogP contribution in [0.15, 0.2) is 23.0 Å². The van der Waals surface area contributed by atoms with Gasteiger partial charge in [0.15, 0.2) is 5.82 Å². The first kappa shape index (κ1) is 19.1. The highest BCUT2D eigenvalue weighted by Gasteiger charge is 2.23. The summed E-state index contributed by atoms with van der Waals surface area (Å²) in [4.78, 5) is 29.5. The molecule has 0 radical (unpaired) electrons. The lowest BCUT2D eigenvalue weighted by Crippen LogP contribution is -2.43. The molecule has 0 aliphatic carbocycles. The lowest BCUT2D eigenvalue weighted by molar-refractivity contribution is 0.0504. The molecule has 2 rings (SSSR count). The fraction of sp³-hybridized carbons (Fsp3) is 0.471. The molecule has 0 spiro atoms. The van der Waals surface area contributed by atoms with Crippen LogP contribution in [-0.4, -0.2) is 35.4 Å². The highest BCUT2D eigenvalue weighted by Crippen LogP contribution is 2.21. The van der Waals surface area contributed by atoms with Gasteiger partial charge in [-0.25, -0.2) is 14.5 Å². The minimum atomic E-state index is -0.616. The number of rotatable bonds is 3. The van der Waals surface area contributed by atoms with Crippen molar-refractivity contribution in [2.75, 3.05) is 19.1 Å². The van der Waals surface area contributed by atoms with Gasteiger partial charge in [0.2, 0.25) is 0 Å². The summed E-state index contributed by atoms with van der Waals surface area (Å²) in [5.74, 6) is 0.385. The van der Waals surface area contributed by atoms with Crippen molar-refractivity contribution < 1.29 is 9.53 Å². The predicted molar refractivity (Wildman–Crippen MR) is 98.9 cm³/mol. The number of carbonyl (C=O) groups is 1. The Morgan fingerprint density at radius 2 is 2.00 bits per heavy atom. The fourth-order valence-electron chi connectivity index (χ4n) is 2.41. The molecule has 7 nitrogen and oxygen atoms in total. The van der Waals surface area contributed by atoms with Crippen molar-refractivity contribution in [2.24, 2.45) is 0 Å². The monoisotopic (exact) mass is 366 g/mol. The third-order valence-corrected chi connectivity index (χ3v) is 3.69. The highest BCUT2D eigenvalue weighted by molar-refractivity contribution is 6.35. The lowest BCUT2D eigenvalue weighted by atomic mass is 10.2. The first-order chi connectivity index (χ1) is 11.5. The van der Waals surface area contributed by atoms with Crippen molar-refractivity contribution >= 4 is 28.6 Å². The molecular formula is C17H23ClN4O3. The zero-order chi connectivity index (χ0) is 18.9. The smallest absolute Gasteiger partial charge is 0.408 e. The Hall–Kier alpha value is -2.28. The maximum absolute atomic E-state index is 12.9. The molecule has 0 unspecified atom stereocenters. The minimum absolute atomic E-state index is 0.298. The zero-order valence-electron chi connectivity index (χ0n) is 15.3. The van der Waals surface area contributed by atoms with Crippen LogP contribution in [0.1, 0.15) is 39.6 Å². The van der Waals surface area contributed by atoms with Crippen LogP contribution in [0.2, 0.25) is 5.02 Å². The van der Waals surface area contributed by atoms with E-state index in [4.69, 9.17) is 16.3 Å². The Morgan fingerprint density at radius 3 is 2.56 bits per heavy atom. The fourth-order valence-corrected chi connectivity index (χ4v) is 2.66. The van der Waals surface area contributed by atoms with Crippen molar-refractivity contribution in [3.63, 3.8) is 0 Å². The quantitative estimate of drug-likeness (QED) is 0.903. The topological polar surface area (TPSA) is 76.5 Å². The number of nitrogens with zero attached hydrogens (tertiary/aromatic N) is 3. The molecule has 0 fully saturated rings.